The van der Waals surface area contributed by atoms with Crippen LogP contribution in [0.3, 0.4) is 0 Å². The van der Waals surface area contributed by atoms with Crippen LogP contribution in [0.25, 0.3) is 10.2 Å². The smallest absolute Gasteiger partial charge is 0.228 e. The minimum absolute atomic E-state index is 0.308. The average molecular weight is 261 g/mol. The molecule has 4 nitrogen and oxygen atoms in total. The van der Waals surface area contributed by atoms with Crippen molar-refractivity contribution < 1.29 is 4.74 Å². The maximum atomic E-state index is 5.66. The van der Waals surface area contributed by atoms with E-state index in [1.807, 2.05) is 6.92 Å². The maximum Gasteiger partial charge on any atom is 0.228 e. The lowest BCUT2D eigenvalue weighted by atomic mass is 10.3. The number of nitrogens with zero attached hydrogens (tertiary/aromatic N) is 2. The minimum Gasteiger partial charge on any atom is -0.461 e. The Morgan fingerprint density at radius 3 is 2.94 bits per heavy atom. The SMILES string of the molecule is C#CC(C)Oc1nc(NC)nc2sc(CC)cc12. The fraction of sp³-hybridized carbons (Fsp3) is 0.385. The molecule has 0 bridgehead atoms. The van der Waals surface area contributed by atoms with Crippen molar-refractivity contribution in [3.8, 4) is 18.2 Å². The van der Waals surface area contributed by atoms with Gasteiger partial charge >= 0.3 is 0 Å². The first-order chi connectivity index (χ1) is 8.67. The van der Waals surface area contributed by atoms with Crippen molar-refractivity contribution in [3.05, 3.63) is 10.9 Å². The molecule has 94 valence electrons. The van der Waals surface area contributed by atoms with Crippen molar-refractivity contribution >= 4 is 27.5 Å². The highest BCUT2D eigenvalue weighted by atomic mass is 32.1. The third-order valence-corrected chi connectivity index (χ3v) is 3.68. The molecule has 2 aromatic rings. The number of nitrogens with one attached hydrogen (secondary N) is 1. The Bertz CT molecular complexity index is 600. The third-order valence-electron chi connectivity index (χ3n) is 2.50. The summed E-state index contributed by atoms with van der Waals surface area (Å²) in [6.07, 6.45) is 6.00. The van der Waals surface area contributed by atoms with E-state index in [0.717, 1.165) is 16.6 Å². The van der Waals surface area contributed by atoms with Crippen molar-refractivity contribution in [2.75, 3.05) is 12.4 Å². The predicted octanol–water partition coefficient (Wildman–Crippen LogP) is 2.70. The van der Waals surface area contributed by atoms with Crippen molar-refractivity contribution in [3.63, 3.8) is 0 Å². The molecule has 2 heterocycles. The zero-order valence-electron chi connectivity index (χ0n) is 10.7. The molecule has 2 rings (SSSR count). The highest BCUT2D eigenvalue weighted by Gasteiger charge is 2.13. The fourth-order valence-corrected chi connectivity index (χ4v) is 2.48. The standard InChI is InChI=1S/C13H15N3OS/c1-5-8(3)17-11-10-7-9(6-2)18-12(10)16-13(14-4)15-11/h1,7-8H,6H2,2-4H3,(H,14,15,16). The highest BCUT2D eigenvalue weighted by Crippen LogP contribution is 2.32. The van der Waals surface area contributed by atoms with Gasteiger partial charge in [-0.25, -0.2) is 4.98 Å². The van der Waals surface area contributed by atoms with Gasteiger partial charge in [-0.1, -0.05) is 12.8 Å². The molecule has 1 atom stereocenters. The highest BCUT2D eigenvalue weighted by molar-refractivity contribution is 7.18. The van der Waals surface area contributed by atoms with E-state index in [1.54, 1.807) is 18.4 Å². The summed E-state index contributed by atoms with van der Waals surface area (Å²) in [7, 11) is 1.78. The van der Waals surface area contributed by atoms with E-state index in [0.29, 0.717) is 11.8 Å². The van der Waals surface area contributed by atoms with Crippen LogP contribution in [-0.2, 0) is 6.42 Å². The van der Waals surface area contributed by atoms with Crippen molar-refractivity contribution in [2.45, 2.75) is 26.4 Å². The van der Waals surface area contributed by atoms with Crippen LogP contribution in [0.5, 0.6) is 5.88 Å². The Morgan fingerprint density at radius 2 is 2.33 bits per heavy atom. The van der Waals surface area contributed by atoms with Crippen molar-refractivity contribution in [1.29, 1.82) is 0 Å². The van der Waals surface area contributed by atoms with Gasteiger partial charge in [0.25, 0.3) is 0 Å². The van der Waals surface area contributed by atoms with E-state index < -0.39 is 0 Å². The number of hydrogen-bond donors (Lipinski definition) is 1. The summed E-state index contributed by atoms with van der Waals surface area (Å²) in [5.74, 6) is 3.63. The zero-order valence-corrected chi connectivity index (χ0v) is 11.5. The van der Waals surface area contributed by atoms with Gasteiger partial charge in [0.2, 0.25) is 11.8 Å². The number of aryl methyl sites for hydroxylation is 1. The van der Waals surface area contributed by atoms with Crippen LogP contribution >= 0.6 is 11.3 Å². The fourth-order valence-electron chi connectivity index (χ4n) is 1.52. The Morgan fingerprint density at radius 1 is 1.56 bits per heavy atom. The van der Waals surface area contributed by atoms with E-state index in [9.17, 15) is 0 Å². The Kier molecular flexibility index (Phi) is 3.68. The normalized spacial score (nSPS) is 12.1. The summed E-state index contributed by atoms with van der Waals surface area (Å²) in [5, 5.41) is 3.86. The van der Waals surface area contributed by atoms with Crippen LogP contribution in [0.4, 0.5) is 5.95 Å². The maximum absolute atomic E-state index is 5.66. The van der Waals surface area contributed by atoms with Crippen LogP contribution in [-0.4, -0.2) is 23.1 Å². The summed E-state index contributed by atoms with van der Waals surface area (Å²) < 4.78 is 5.66. The molecule has 0 saturated heterocycles. The van der Waals surface area contributed by atoms with Gasteiger partial charge in [0, 0.05) is 11.9 Å². The molecule has 0 aliphatic rings. The molecule has 0 amide bonds. The van der Waals surface area contributed by atoms with Gasteiger partial charge in [0.15, 0.2) is 6.10 Å². The molecule has 1 N–H and O–H groups in total. The molecule has 5 heteroatoms. The van der Waals surface area contributed by atoms with E-state index in [4.69, 9.17) is 11.2 Å². The molecule has 1 unspecified atom stereocenters. The molecule has 0 saturated carbocycles. The summed E-state index contributed by atoms with van der Waals surface area (Å²) in [6.45, 7) is 3.93. The van der Waals surface area contributed by atoms with Gasteiger partial charge in [-0.15, -0.1) is 17.8 Å². The van der Waals surface area contributed by atoms with Gasteiger partial charge in [-0.05, 0) is 19.4 Å². The first kappa shape index (κ1) is 12.7. The van der Waals surface area contributed by atoms with E-state index in [1.165, 1.54) is 4.88 Å². The molecular formula is C13H15N3OS. The van der Waals surface area contributed by atoms with Gasteiger partial charge in [0.05, 0.1) is 5.39 Å². The Balaban J connectivity index is 2.54. The summed E-state index contributed by atoms with van der Waals surface area (Å²) in [5.41, 5.74) is 0. The number of rotatable bonds is 4. The van der Waals surface area contributed by atoms with Crippen LogP contribution in [0.2, 0.25) is 0 Å². The van der Waals surface area contributed by atoms with Crippen molar-refractivity contribution in [2.24, 2.45) is 0 Å². The number of aromatic nitrogens is 2. The summed E-state index contributed by atoms with van der Waals surface area (Å²) >= 11 is 1.65. The van der Waals surface area contributed by atoms with E-state index in [-0.39, 0.29) is 6.10 Å². The molecule has 0 aromatic carbocycles. The lowest BCUT2D eigenvalue weighted by Crippen LogP contribution is -2.10. The Labute approximate surface area is 110 Å². The number of terminal acetylenes is 1. The quantitative estimate of drug-likeness (QED) is 0.860. The molecule has 0 radical (unpaired) electrons. The van der Waals surface area contributed by atoms with Gasteiger partial charge in [0.1, 0.15) is 4.83 Å². The number of hydrogen-bond acceptors (Lipinski definition) is 5. The number of ether oxygens (including phenoxy) is 1. The van der Waals surface area contributed by atoms with Crippen LogP contribution in [0, 0.1) is 12.3 Å². The van der Waals surface area contributed by atoms with Crippen LogP contribution < -0.4 is 10.1 Å². The van der Waals surface area contributed by atoms with E-state index in [2.05, 4.69) is 34.2 Å². The first-order valence-electron chi connectivity index (χ1n) is 5.79. The molecule has 0 aliphatic carbocycles. The molecule has 2 aromatic heterocycles. The largest absolute Gasteiger partial charge is 0.461 e. The molecule has 0 spiro atoms. The second-order valence-corrected chi connectivity index (χ2v) is 4.93. The third kappa shape index (κ3) is 2.39. The van der Waals surface area contributed by atoms with Crippen molar-refractivity contribution in [1.82, 2.24) is 9.97 Å². The molecule has 0 fully saturated rings. The minimum atomic E-state index is -0.308. The number of anilines is 1. The molecule has 18 heavy (non-hydrogen) atoms. The zero-order chi connectivity index (χ0) is 13.1. The first-order valence-corrected chi connectivity index (χ1v) is 6.60. The summed E-state index contributed by atoms with van der Waals surface area (Å²) in [6, 6.07) is 2.07. The second kappa shape index (κ2) is 5.23. The predicted molar refractivity (Wildman–Crippen MR) is 75.3 cm³/mol. The lowest BCUT2D eigenvalue weighted by Gasteiger charge is -2.09. The topological polar surface area (TPSA) is 47.0 Å². The van der Waals surface area contributed by atoms with Gasteiger partial charge < -0.3 is 10.1 Å². The number of fused-ring (bicyclic) bond motifs is 1. The monoisotopic (exact) mass is 261 g/mol. The Hall–Kier alpha value is -1.80. The van der Waals surface area contributed by atoms with Crippen LogP contribution in [0.15, 0.2) is 6.07 Å². The average Bonchev–Trinajstić information content (AvgIpc) is 2.81. The molecule has 0 aliphatic heterocycles. The lowest BCUT2D eigenvalue weighted by molar-refractivity contribution is 0.272. The summed E-state index contributed by atoms with van der Waals surface area (Å²) in [4.78, 5) is 10.9. The molecular weight excluding hydrogens is 246 g/mol. The van der Waals surface area contributed by atoms with Gasteiger partial charge in [-0.2, -0.15) is 4.98 Å². The van der Waals surface area contributed by atoms with Gasteiger partial charge in [-0.3, -0.25) is 0 Å². The van der Waals surface area contributed by atoms with E-state index >= 15 is 0 Å². The van der Waals surface area contributed by atoms with Crippen LogP contribution in [0.1, 0.15) is 18.7 Å². The number of thiophene rings is 1. The second-order valence-electron chi connectivity index (χ2n) is 3.81.